The van der Waals surface area contributed by atoms with Gasteiger partial charge in [0.25, 0.3) is 0 Å². The van der Waals surface area contributed by atoms with Gasteiger partial charge in [0.2, 0.25) is 0 Å². The first-order chi connectivity index (χ1) is 11.1. The molecule has 24 heavy (non-hydrogen) atoms. The van der Waals surface area contributed by atoms with E-state index in [1.165, 1.54) is 25.8 Å². The first-order valence-electron chi connectivity index (χ1n) is 9.61. The first kappa shape index (κ1) is 22.0. The fourth-order valence-electron chi connectivity index (χ4n) is 3.74. The van der Waals surface area contributed by atoms with Crippen LogP contribution in [0.4, 0.5) is 0 Å². The number of aliphatic imine (C=N–C) groups is 1. The van der Waals surface area contributed by atoms with Crippen molar-refractivity contribution >= 4 is 29.9 Å². The van der Waals surface area contributed by atoms with Crippen LogP contribution in [-0.4, -0.2) is 60.3 Å². The molecule has 142 valence electrons. The summed E-state index contributed by atoms with van der Waals surface area (Å²) in [6.45, 7) is 9.16. The van der Waals surface area contributed by atoms with E-state index in [1.807, 2.05) is 0 Å². The first-order valence-corrected chi connectivity index (χ1v) is 9.61. The molecule has 1 unspecified atom stereocenters. The van der Waals surface area contributed by atoms with E-state index in [-0.39, 0.29) is 24.0 Å². The Labute approximate surface area is 165 Å². The van der Waals surface area contributed by atoms with E-state index in [0.717, 1.165) is 63.7 Å². The Hall–Kier alpha value is -0.0800. The van der Waals surface area contributed by atoms with E-state index >= 15 is 0 Å². The van der Waals surface area contributed by atoms with Crippen molar-refractivity contribution in [2.75, 3.05) is 32.7 Å². The summed E-state index contributed by atoms with van der Waals surface area (Å²) in [5.74, 6) is 0.847. The second-order valence-corrected chi connectivity index (χ2v) is 7.29. The molecular weight excluding hydrogens is 415 g/mol. The molecule has 0 aromatic rings. The second-order valence-electron chi connectivity index (χ2n) is 7.29. The van der Waals surface area contributed by atoms with E-state index < -0.39 is 5.60 Å². The number of guanidine groups is 1. The maximum Gasteiger partial charge on any atom is 0.191 e. The van der Waals surface area contributed by atoms with Crippen molar-refractivity contribution in [2.24, 2.45) is 4.99 Å². The van der Waals surface area contributed by atoms with Crippen molar-refractivity contribution in [3.63, 3.8) is 0 Å². The minimum Gasteiger partial charge on any atom is -0.388 e. The lowest BCUT2D eigenvalue weighted by Crippen LogP contribution is -2.42. The van der Waals surface area contributed by atoms with E-state index in [1.54, 1.807) is 0 Å². The number of aliphatic hydroxyl groups is 1. The van der Waals surface area contributed by atoms with Gasteiger partial charge in [0.15, 0.2) is 5.96 Å². The summed E-state index contributed by atoms with van der Waals surface area (Å²) in [4.78, 5) is 7.20. The van der Waals surface area contributed by atoms with Gasteiger partial charge >= 0.3 is 0 Å². The molecule has 2 aliphatic rings. The van der Waals surface area contributed by atoms with Gasteiger partial charge in [-0.3, -0.25) is 4.99 Å². The molecule has 1 saturated carbocycles. The zero-order chi connectivity index (χ0) is 16.5. The highest BCUT2D eigenvalue weighted by molar-refractivity contribution is 14.0. The molecule has 0 aromatic heterocycles. The Bertz CT molecular complexity index is 372. The van der Waals surface area contributed by atoms with E-state index in [0.29, 0.717) is 6.54 Å². The molecule has 1 aliphatic carbocycles. The van der Waals surface area contributed by atoms with Crippen LogP contribution in [0, 0.1) is 0 Å². The van der Waals surface area contributed by atoms with Gasteiger partial charge in [-0.1, -0.05) is 19.3 Å². The molecule has 1 saturated heterocycles. The molecule has 0 radical (unpaired) electrons. The van der Waals surface area contributed by atoms with Crippen molar-refractivity contribution in [1.29, 1.82) is 0 Å². The summed E-state index contributed by atoms with van der Waals surface area (Å²) in [5, 5.41) is 17.1. The normalized spacial score (nSPS) is 24.5. The predicted molar refractivity (Wildman–Crippen MR) is 112 cm³/mol. The van der Waals surface area contributed by atoms with Crippen LogP contribution >= 0.6 is 24.0 Å². The maximum atomic E-state index is 10.4. The number of rotatable bonds is 7. The van der Waals surface area contributed by atoms with Crippen molar-refractivity contribution in [3.05, 3.63) is 0 Å². The van der Waals surface area contributed by atoms with Gasteiger partial charge in [-0.25, -0.2) is 0 Å². The molecule has 5 nitrogen and oxygen atoms in total. The number of hydrogen-bond donors (Lipinski definition) is 3. The molecule has 0 amide bonds. The second kappa shape index (κ2) is 11.5. The zero-order valence-electron chi connectivity index (χ0n) is 15.5. The number of nitrogens with one attached hydrogen (secondary N) is 2. The quantitative estimate of drug-likeness (QED) is 0.241. The SMILES string of the molecule is CCNC(=NCC1(O)CCCC1)NCCCN1CCCCC1C.I. The van der Waals surface area contributed by atoms with Crippen molar-refractivity contribution in [3.8, 4) is 0 Å². The summed E-state index contributed by atoms with van der Waals surface area (Å²) in [5.41, 5.74) is -0.564. The van der Waals surface area contributed by atoms with Crippen molar-refractivity contribution in [1.82, 2.24) is 15.5 Å². The summed E-state index contributed by atoms with van der Waals surface area (Å²) >= 11 is 0. The van der Waals surface area contributed by atoms with Gasteiger partial charge in [-0.05, 0) is 52.5 Å². The Balaban J connectivity index is 0.00000288. The summed E-state index contributed by atoms with van der Waals surface area (Å²) < 4.78 is 0. The van der Waals surface area contributed by atoms with Crippen LogP contribution in [0.5, 0.6) is 0 Å². The smallest absolute Gasteiger partial charge is 0.191 e. The van der Waals surface area contributed by atoms with Crippen molar-refractivity contribution in [2.45, 2.75) is 76.9 Å². The molecule has 0 spiro atoms. The minimum atomic E-state index is -0.564. The predicted octanol–water partition coefficient (Wildman–Crippen LogP) is 2.73. The number of piperidine rings is 1. The van der Waals surface area contributed by atoms with Crippen LogP contribution in [0.15, 0.2) is 4.99 Å². The molecule has 3 N–H and O–H groups in total. The molecular formula is C18H37IN4O. The third-order valence-corrected chi connectivity index (χ3v) is 5.27. The van der Waals surface area contributed by atoms with Crippen molar-refractivity contribution < 1.29 is 5.11 Å². The van der Waals surface area contributed by atoms with Gasteiger partial charge < -0.3 is 20.6 Å². The van der Waals surface area contributed by atoms with Crippen LogP contribution in [0.25, 0.3) is 0 Å². The van der Waals surface area contributed by atoms with E-state index in [2.05, 4.69) is 34.4 Å². The minimum absolute atomic E-state index is 0. The monoisotopic (exact) mass is 452 g/mol. The lowest BCUT2D eigenvalue weighted by molar-refractivity contribution is 0.0574. The highest BCUT2D eigenvalue weighted by Crippen LogP contribution is 2.29. The summed E-state index contributed by atoms with van der Waals surface area (Å²) in [7, 11) is 0. The van der Waals surface area contributed by atoms with E-state index in [9.17, 15) is 5.11 Å². The Morgan fingerprint density at radius 3 is 2.62 bits per heavy atom. The topological polar surface area (TPSA) is 59.9 Å². The number of nitrogens with zero attached hydrogens (tertiary/aromatic N) is 2. The number of halogens is 1. The van der Waals surface area contributed by atoms with Crippen LogP contribution in [0.1, 0.15) is 65.2 Å². The van der Waals surface area contributed by atoms with Gasteiger partial charge in [-0.2, -0.15) is 0 Å². The summed E-state index contributed by atoms with van der Waals surface area (Å²) in [6.07, 6.45) is 9.26. The van der Waals surface area contributed by atoms with Gasteiger partial charge in [0.05, 0.1) is 12.1 Å². The van der Waals surface area contributed by atoms with Gasteiger partial charge in [0, 0.05) is 25.7 Å². The van der Waals surface area contributed by atoms with Crippen LogP contribution in [-0.2, 0) is 0 Å². The average molecular weight is 452 g/mol. The maximum absolute atomic E-state index is 10.4. The lowest BCUT2D eigenvalue weighted by atomic mass is 10.0. The highest BCUT2D eigenvalue weighted by atomic mass is 127. The number of hydrogen-bond acceptors (Lipinski definition) is 3. The van der Waals surface area contributed by atoms with Gasteiger partial charge in [0.1, 0.15) is 0 Å². The highest BCUT2D eigenvalue weighted by Gasteiger charge is 2.30. The molecule has 2 fully saturated rings. The zero-order valence-corrected chi connectivity index (χ0v) is 17.8. The molecule has 0 bridgehead atoms. The Kier molecular flexibility index (Phi) is 10.5. The third-order valence-electron chi connectivity index (χ3n) is 5.27. The molecule has 6 heteroatoms. The average Bonchev–Trinajstić information content (AvgIpc) is 2.98. The Morgan fingerprint density at radius 2 is 1.96 bits per heavy atom. The molecule has 2 rings (SSSR count). The molecule has 1 atom stereocenters. The standard InChI is InChI=1S/C18H36N4O.HI/c1-3-19-17(21-15-18(23)10-5-6-11-18)20-12-8-14-22-13-7-4-9-16(22)2;/h16,23H,3-15H2,1-2H3,(H2,19,20,21);1H. The largest absolute Gasteiger partial charge is 0.388 e. The lowest BCUT2D eigenvalue weighted by Gasteiger charge is -2.33. The molecule has 0 aromatic carbocycles. The van der Waals surface area contributed by atoms with E-state index in [4.69, 9.17) is 0 Å². The van der Waals surface area contributed by atoms with Crippen LogP contribution < -0.4 is 10.6 Å². The van der Waals surface area contributed by atoms with Crippen LogP contribution in [0.3, 0.4) is 0 Å². The fraction of sp³-hybridized carbons (Fsp3) is 0.944. The Morgan fingerprint density at radius 1 is 1.21 bits per heavy atom. The summed E-state index contributed by atoms with van der Waals surface area (Å²) in [6, 6.07) is 0.738. The number of likely N-dealkylation sites (tertiary alicyclic amines) is 1. The molecule has 1 heterocycles. The fourth-order valence-corrected chi connectivity index (χ4v) is 3.74. The van der Waals surface area contributed by atoms with Gasteiger partial charge in [-0.15, -0.1) is 24.0 Å². The van der Waals surface area contributed by atoms with Crippen LogP contribution in [0.2, 0.25) is 0 Å². The third kappa shape index (κ3) is 7.44. The molecule has 1 aliphatic heterocycles.